The topological polar surface area (TPSA) is 37.3 Å². The number of nitrogens with one attached hydrogen (secondary N) is 1. The van der Waals surface area contributed by atoms with Gasteiger partial charge in [0.25, 0.3) is 5.91 Å². The highest BCUT2D eigenvalue weighted by molar-refractivity contribution is 5.94. The number of hydrogen-bond acceptors (Lipinski definition) is 2. The van der Waals surface area contributed by atoms with Crippen molar-refractivity contribution in [2.45, 2.75) is 18.9 Å². The van der Waals surface area contributed by atoms with Gasteiger partial charge in [0.15, 0.2) is 0 Å². The molecule has 5 rings (SSSR count). The fourth-order valence-electron chi connectivity index (χ4n) is 4.01. The molecule has 2 aromatic rings. The molecule has 4 nitrogen and oxygen atoms in total. The molecule has 0 radical (unpaired) electrons. The van der Waals surface area contributed by atoms with Crippen LogP contribution >= 0.6 is 0 Å². The van der Waals surface area contributed by atoms with E-state index in [1.54, 1.807) is 0 Å². The van der Waals surface area contributed by atoms with Gasteiger partial charge in [-0.3, -0.25) is 4.79 Å². The van der Waals surface area contributed by atoms with Crippen molar-refractivity contribution in [1.29, 1.82) is 0 Å². The Morgan fingerprint density at radius 1 is 1.09 bits per heavy atom. The Bertz CT molecular complexity index is 699. The van der Waals surface area contributed by atoms with E-state index in [4.69, 9.17) is 0 Å². The van der Waals surface area contributed by atoms with E-state index in [1.165, 1.54) is 25.9 Å². The minimum Gasteiger partial charge on any atom is -0.346 e. The van der Waals surface area contributed by atoms with Crippen molar-refractivity contribution in [2.24, 2.45) is 13.0 Å². The molecule has 120 valence electrons. The second-order valence-electron chi connectivity index (χ2n) is 6.75. The fraction of sp³-hybridized carbons (Fsp3) is 0.421. The van der Waals surface area contributed by atoms with Gasteiger partial charge in [-0.15, -0.1) is 0 Å². The zero-order valence-corrected chi connectivity index (χ0v) is 13.5. The molecule has 0 spiro atoms. The lowest BCUT2D eigenvalue weighted by molar-refractivity contribution is 0.0616. The van der Waals surface area contributed by atoms with E-state index in [2.05, 4.69) is 22.3 Å². The molecule has 1 unspecified atom stereocenters. The van der Waals surface area contributed by atoms with Crippen LogP contribution in [0.5, 0.6) is 0 Å². The van der Waals surface area contributed by atoms with Crippen molar-refractivity contribution in [3.8, 4) is 11.3 Å². The van der Waals surface area contributed by atoms with Crippen LogP contribution in [0, 0.1) is 5.92 Å². The van der Waals surface area contributed by atoms with Gasteiger partial charge < -0.3 is 14.8 Å². The third kappa shape index (κ3) is 2.68. The van der Waals surface area contributed by atoms with Crippen molar-refractivity contribution < 1.29 is 4.79 Å². The minimum absolute atomic E-state index is 0.0495. The molecule has 3 saturated heterocycles. The summed E-state index contributed by atoms with van der Waals surface area (Å²) in [7, 11) is 1.97. The van der Waals surface area contributed by atoms with Crippen LogP contribution in [0.1, 0.15) is 23.3 Å². The summed E-state index contributed by atoms with van der Waals surface area (Å²) < 4.78 is 1.99. The summed E-state index contributed by atoms with van der Waals surface area (Å²) in [5.74, 6) is 0.700. The highest BCUT2D eigenvalue weighted by Crippen LogP contribution is 2.28. The number of piperidine rings is 3. The summed E-state index contributed by atoms with van der Waals surface area (Å²) in [5.41, 5.74) is 2.95. The summed E-state index contributed by atoms with van der Waals surface area (Å²) in [6, 6.07) is 14.5. The van der Waals surface area contributed by atoms with E-state index < -0.39 is 0 Å². The molecule has 0 aliphatic carbocycles. The molecular formula is C19H23N3O. The molecule has 1 atom stereocenters. The molecule has 4 heteroatoms. The van der Waals surface area contributed by atoms with Gasteiger partial charge in [0, 0.05) is 25.3 Å². The van der Waals surface area contributed by atoms with Crippen LogP contribution in [0.3, 0.4) is 0 Å². The SMILES string of the molecule is Cn1c(C(=O)NC2CN3CCC2CC3)ccc1-c1ccccc1. The molecule has 1 amide bonds. The summed E-state index contributed by atoms with van der Waals surface area (Å²) in [5, 5.41) is 3.27. The third-order valence-corrected chi connectivity index (χ3v) is 5.40. The Hall–Kier alpha value is -2.07. The average molecular weight is 309 g/mol. The number of amides is 1. The van der Waals surface area contributed by atoms with Crippen molar-refractivity contribution in [2.75, 3.05) is 19.6 Å². The molecule has 4 heterocycles. The fourth-order valence-corrected chi connectivity index (χ4v) is 4.01. The van der Waals surface area contributed by atoms with Crippen molar-refractivity contribution in [3.63, 3.8) is 0 Å². The first-order valence-electron chi connectivity index (χ1n) is 8.47. The van der Waals surface area contributed by atoms with Gasteiger partial charge in [-0.1, -0.05) is 30.3 Å². The molecule has 1 aromatic heterocycles. The quantitative estimate of drug-likeness (QED) is 0.946. The van der Waals surface area contributed by atoms with Gasteiger partial charge in [-0.25, -0.2) is 0 Å². The van der Waals surface area contributed by atoms with Crippen LogP contribution in [0.15, 0.2) is 42.5 Å². The Labute approximate surface area is 137 Å². The van der Waals surface area contributed by atoms with Crippen LogP contribution in [-0.2, 0) is 7.05 Å². The Morgan fingerprint density at radius 2 is 1.83 bits per heavy atom. The van der Waals surface area contributed by atoms with Gasteiger partial charge >= 0.3 is 0 Å². The minimum atomic E-state index is 0.0495. The lowest BCUT2D eigenvalue weighted by Gasteiger charge is -2.44. The van der Waals surface area contributed by atoms with Crippen LogP contribution in [0.4, 0.5) is 0 Å². The van der Waals surface area contributed by atoms with Crippen LogP contribution in [0.2, 0.25) is 0 Å². The van der Waals surface area contributed by atoms with Crippen LogP contribution < -0.4 is 5.32 Å². The van der Waals surface area contributed by atoms with E-state index in [-0.39, 0.29) is 5.91 Å². The van der Waals surface area contributed by atoms with E-state index in [1.807, 2.05) is 41.9 Å². The molecular weight excluding hydrogens is 286 g/mol. The van der Waals surface area contributed by atoms with Gasteiger partial charge in [0.2, 0.25) is 0 Å². The zero-order chi connectivity index (χ0) is 15.8. The smallest absolute Gasteiger partial charge is 0.268 e. The average Bonchev–Trinajstić information content (AvgIpc) is 2.98. The van der Waals surface area contributed by atoms with Gasteiger partial charge in [-0.2, -0.15) is 0 Å². The number of fused-ring (bicyclic) bond motifs is 3. The Morgan fingerprint density at radius 3 is 2.48 bits per heavy atom. The zero-order valence-electron chi connectivity index (χ0n) is 13.5. The third-order valence-electron chi connectivity index (χ3n) is 5.40. The lowest BCUT2D eigenvalue weighted by atomic mass is 9.84. The number of aromatic nitrogens is 1. The first kappa shape index (κ1) is 14.5. The largest absolute Gasteiger partial charge is 0.346 e. The summed E-state index contributed by atoms with van der Waals surface area (Å²) in [4.78, 5) is 15.2. The van der Waals surface area contributed by atoms with Crippen molar-refractivity contribution in [1.82, 2.24) is 14.8 Å². The summed E-state index contributed by atoms with van der Waals surface area (Å²) in [6.07, 6.45) is 2.43. The first-order valence-corrected chi connectivity index (χ1v) is 8.47. The Kier molecular flexibility index (Phi) is 3.69. The standard InChI is InChI=1S/C19H23N3O/c1-21-17(15-5-3-2-4-6-15)7-8-18(21)19(23)20-16-13-22-11-9-14(16)10-12-22/h2-8,14,16H,9-13H2,1H3,(H,20,23). The monoisotopic (exact) mass is 309 g/mol. The van der Waals surface area contributed by atoms with E-state index in [0.717, 1.165) is 23.5 Å². The number of rotatable bonds is 3. The van der Waals surface area contributed by atoms with E-state index in [0.29, 0.717) is 12.0 Å². The predicted octanol–water partition coefficient (Wildman–Crippen LogP) is 2.52. The van der Waals surface area contributed by atoms with Gasteiger partial charge in [0.05, 0.1) is 0 Å². The molecule has 23 heavy (non-hydrogen) atoms. The number of nitrogens with zero attached hydrogens (tertiary/aromatic N) is 2. The van der Waals surface area contributed by atoms with Crippen LogP contribution in [0.25, 0.3) is 11.3 Å². The molecule has 1 aromatic carbocycles. The van der Waals surface area contributed by atoms with Crippen molar-refractivity contribution >= 4 is 5.91 Å². The number of hydrogen-bond donors (Lipinski definition) is 1. The second-order valence-corrected chi connectivity index (χ2v) is 6.75. The molecule has 1 N–H and O–H groups in total. The second kappa shape index (κ2) is 5.85. The predicted molar refractivity (Wildman–Crippen MR) is 91.3 cm³/mol. The molecule has 2 bridgehead atoms. The maximum absolute atomic E-state index is 12.7. The van der Waals surface area contributed by atoms with Crippen LogP contribution in [-0.4, -0.2) is 41.1 Å². The maximum atomic E-state index is 12.7. The molecule has 3 fully saturated rings. The number of carbonyl (C=O) groups is 1. The Balaban J connectivity index is 1.52. The highest BCUT2D eigenvalue weighted by atomic mass is 16.2. The maximum Gasteiger partial charge on any atom is 0.268 e. The summed E-state index contributed by atoms with van der Waals surface area (Å²) in [6.45, 7) is 3.39. The molecule has 0 saturated carbocycles. The van der Waals surface area contributed by atoms with E-state index >= 15 is 0 Å². The van der Waals surface area contributed by atoms with E-state index in [9.17, 15) is 4.79 Å². The number of benzene rings is 1. The summed E-state index contributed by atoms with van der Waals surface area (Å²) >= 11 is 0. The van der Waals surface area contributed by atoms with Gasteiger partial charge in [0.1, 0.15) is 5.69 Å². The first-order chi connectivity index (χ1) is 11.2. The normalized spacial score (nSPS) is 26.2. The lowest BCUT2D eigenvalue weighted by Crippen LogP contribution is -2.57. The number of carbonyl (C=O) groups excluding carboxylic acids is 1. The molecule has 3 aliphatic heterocycles. The molecule has 3 aliphatic rings. The highest BCUT2D eigenvalue weighted by Gasteiger charge is 2.35. The van der Waals surface area contributed by atoms with Crippen molar-refractivity contribution in [3.05, 3.63) is 48.2 Å². The van der Waals surface area contributed by atoms with Gasteiger partial charge in [-0.05, 0) is 49.5 Å².